The number of aliphatic hydroxyl groups excluding tert-OH is 1. The van der Waals surface area contributed by atoms with Gasteiger partial charge in [0.15, 0.2) is 0 Å². The third-order valence-electron chi connectivity index (χ3n) is 3.83. The SMILES string of the molecule is OCC1CCN(c2ccc3cc(Cl)ccc3n2)CC1. The highest BCUT2D eigenvalue weighted by atomic mass is 35.5. The second-order valence-electron chi connectivity index (χ2n) is 5.12. The van der Waals surface area contributed by atoms with Crippen LogP contribution in [-0.4, -0.2) is 29.8 Å². The summed E-state index contributed by atoms with van der Waals surface area (Å²) in [5, 5.41) is 11.0. The lowest BCUT2D eigenvalue weighted by Crippen LogP contribution is -2.35. The largest absolute Gasteiger partial charge is 0.396 e. The first-order chi connectivity index (χ1) is 9.26. The van der Waals surface area contributed by atoms with Gasteiger partial charge < -0.3 is 10.0 Å². The number of fused-ring (bicyclic) bond motifs is 1. The van der Waals surface area contributed by atoms with Crippen LogP contribution in [-0.2, 0) is 0 Å². The van der Waals surface area contributed by atoms with Crippen molar-refractivity contribution in [3.8, 4) is 0 Å². The van der Waals surface area contributed by atoms with E-state index in [0.717, 1.165) is 47.7 Å². The number of hydrogen-bond acceptors (Lipinski definition) is 3. The van der Waals surface area contributed by atoms with E-state index in [2.05, 4.69) is 17.0 Å². The van der Waals surface area contributed by atoms with Crippen molar-refractivity contribution in [2.75, 3.05) is 24.6 Å². The summed E-state index contributed by atoms with van der Waals surface area (Å²) in [6, 6.07) is 9.89. The Labute approximate surface area is 117 Å². The number of halogens is 1. The molecule has 1 N–H and O–H groups in total. The topological polar surface area (TPSA) is 36.4 Å². The molecule has 1 aliphatic heterocycles. The quantitative estimate of drug-likeness (QED) is 0.916. The second kappa shape index (κ2) is 5.35. The van der Waals surface area contributed by atoms with Crippen molar-refractivity contribution in [2.24, 2.45) is 5.92 Å². The van der Waals surface area contributed by atoms with Gasteiger partial charge in [-0.2, -0.15) is 0 Å². The summed E-state index contributed by atoms with van der Waals surface area (Å²) in [4.78, 5) is 6.99. The number of rotatable bonds is 2. The van der Waals surface area contributed by atoms with Crippen LogP contribution in [0.1, 0.15) is 12.8 Å². The van der Waals surface area contributed by atoms with Gasteiger partial charge in [-0.25, -0.2) is 4.98 Å². The smallest absolute Gasteiger partial charge is 0.129 e. The lowest BCUT2D eigenvalue weighted by molar-refractivity contribution is 0.203. The van der Waals surface area contributed by atoms with Crippen molar-refractivity contribution >= 4 is 28.3 Å². The molecule has 0 atom stereocenters. The highest BCUT2D eigenvalue weighted by molar-refractivity contribution is 6.31. The zero-order valence-corrected chi connectivity index (χ0v) is 11.5. The molecular formula is C15H17ClN2O. The molecule has 1 aromatic carbocycles. The fourth-order valence-electron chi connectivity index (χ4n) is 2.61. The molecule has 0 aliphatic carbocycles. The predicted octanol–water partition coefficient (Wildman–Crippen LogP) is 3.10. The van der Waals surface area contributed by atoms with Gasteiger partial charge in [0.25, 0.3) is 0 Å². The summed E-state index contributed by atoms with van der Waals surface area (Å²) >= 11 is 5.98. The third kappa shape index (κ3) is 2.67. The summed E-state index contributed by atoms with van der Waals surface area (Å²) < 4.78 is 0. The van der Waals surface area contributed by atoms with Crippen LogP contribution in [0.15, 0.2) is 30.3 Å². The van der Waals surface area contributed by atoms with Crippen molar-refractivity contribution in [2.45, 2.75) is 12.8 Å². The molecule has 0 saturated carbocycles. The summed E-state index contributed by atoms with van der Waals surface area (Å²) in [7, 11) is 0. The van der Waals surface area contributed by atoms with Crippen LogP contribution in [0.4, 0.5) is 5.82 Å². The molecule has 2 heterocycles. The molecule has 0 radical (unpaired) electrons. The Morgan fingerprint density at radius 3 is 2.74 bits per heavy atom. The molecule has 100 valence electrons. The lowest BCUT2D eigenvalue weighted by atomic mass is 9.98. The van der Waals surface area contributed by atoms with E-state index in [-0.39, 0.29) is 0 Å². The molecule has 3 rings (SSSR count). The third-order valence-corrected chi connectivity index (χ3v) is 4.07. The van der Waals surface area contributed by atoms with Gasteiger partial charge in [-0.3, -0.25) is 0 Å². The molecule has 1 aliphatic rings. The Hall–Kier alpha value is -1.32. The van der Waals surface area contributed by atoms with E-state index in [1.54, 1.807) is 0 Å². The van der Waals surface area contributed by atoms with Crippen LogP contribution in [0.2, 0.25) is 5.02 Å². The molecule has 0 unspecified atom stereocenters. The van der Waals surface area contributed by atoms with E-state index in [1.807, 2.05) is 18.2 Å². The first-order valence-corrected chi connectivity index (χ1v) is 7.06. The Morgan fingerprint density at radius 2 is 2.00 bits per heavy atom. The molecule has 2 aromatic rings. The molecule has 0 bridgehead atoms. The molecule has 0 amide bonds. The number of anilines is 1. The minimum atomic E-state index is 0.303. The van der Waals surface area contributed by atoms with Crippen molar-refractivity contribution < 1.29 is 5.11 Å². The normalized spacial score (nSPS) is 17.1. The van der Waals surface area contributed by atoms with Crippen LogP contribution in [0.5, 0.6) is 0 Å². The molecule has 4 heteroatoms. The minimum Gasteiger partial charge on any atom is -0.396 e. The maximum Gasteiger partial charge on any atom is 0.129 e. The first kappa shape index (κ1) is 12.7. The maximum absolute atomic E-state index is 9.17. The van der Waals surface area contributed by atoms with Crippen LogP contribution in [0.3, 0.4) is 0 Å². The number of hydrogen-bond donors (Lipinski definition) is 1. The zero-order chi connectivity index (χ0) is 13.2. The maximum atomic E-state index is 9.17. The van der Waals surface area contributed by atoms with Gasteiger partial charge >= 0.3 is 0 Å². The van der Waals surface area contributed by atoms with Gasteiger partial charge in [-0.05, 0) is 49.1 Å². The van der Waals surface area contributed by atoms with Crippen LogP contribution >= 0.6 is 11.6 Å². The Morgan fingerprint density at radius 1 is 1.21 bits per heavy atom. The van der Waals surface area contributed by atoms with Crippen LogP contribution in [0.25, 0.3) is 10.9 Å². The standard InChI is InChI=1S/C15H17ClN2O/c16-13-2-3-14-12(9-13)1-4-15(17-14)18-7-5-11(10-19)6-8-18/h1-4,9,11,19H,5-8,10H2. The number of aromatic nitrogens is 1. The van der Waals surface area contributed by atoms with Crippen LogP contribution in [0, 0.1) is 5.92 Å². The second-order valence-corrected chi connectivity index (χ2v) is 5.56. The van der Waals surface area contributed by atoms with E-state index in [0.29, 0.717) is 12.5 Å². The fraction of sp³-hybridized carbons (Fsp3) is 0.400. The molecule has 0 spiro atoms. The molecular weight excluding hydrogens is 260 g/mol. The minimum absolute atomic E-state index is 0.303. The molecule has 1 saturated heterocycles. The summed E-state index contributed by atoms with van der Waals surface area (Å²) in [5.41, 5.74) is 0.978. The highest BCUT2D eigenvalue weighted by Crippen LogP contribution is 2.25. The fourth-order valence-corrected chi connectivity index (χ4v) is 2.79. The molecule has 19 heavy (non-hydrogen) atoms. The first-order valence-electron chi connectivity index (χ1n) is 6.68. The zero-order valence-electron chi connectivity index (χ0n) is 10.7. The predicted molar refractivity (Wildman–Crippen MR) is 78.8 cm³/mol. The lowest BCUT2D eigenvalue weighted by Gasteiger charge is -2.32. The molecule has 1 fully saturated rings. The summed E-state index contributed by atoms with van der Waals surface area (Å²) in [6.45, 7) is 2.24. The van der Waals surface area contributed by atoms with Gasteiger partial charge in [-0.1, -0.05) is 11.6 Å². The summed E-state index contributed by atoms with van der Waals surface area (Å²) in [5.74, 6) is 1.47. The van der Waals surface area contributed by atoms with E-state index >= 15 is 0 Å². The van der Waals surface area contributed by atoms with Crippen molar-refractivity contribution in [3.63, 3.8) is 0 Å². The molecule has 3 nitrogen and oxygen atoms in total. The van der Waals surface area contributed by atoms with Gasteiger partial charge in [-0.15, -0.1) is 0 Å². The van der Waals surface area contributed by atoms with Gasteiger partial charge in [0.1, 0.15) is 5.82 Å². The van der Waals surface area contributed by atoms with Gasteiger partial charge in [0, 0.05) is 30.1 Å². The molecule has 1 aromatic heterocycles. The Bertz CT molecular complexity index is 579. The van der Waals surface area contributed by atoms with Crippen molar-refractivity contribution in [1.29, 1.82) is 0 Å². The average molecular weight is 277 g/mol. The van der Waals surface area contributed by atoms with E-state index in [1.165, 1.54) is 0 Å². The summed E-state index contributed by atoms with van der Waals surface area (Å²) in [6.07, 6.45) is 2.08. The number of nitrogens with zero attached hydrogens (tertiary/aromatic N) is 2. The average Bonchev–Trinajstić information content (AvgIpc) is 2.47. The number of benzene rings is 1. The van der Waals surface area contributed by atoms with Gasteiger partial charge in [0.05, 0.1) is 5.52 Å². The monoisotopic (exact) mass is 276 g/mol. The van der Waals surface area contributed by atoms with Gasteiger partial charge in [0.2, 0.25) is 0 Å². The van der Waals surface area contributed by atoms with E-state index in [4.69, 9.17) is 21.7 Å². The number of pyridine rings is 1. The van der Waals surface area contributed by atoms with Crippen molar-refractivity contribution in [1.82, 2.24) is 4.98 Å². The Kier molecular flexibility index (Phi) is 3.58. The number of piperidine rings is 1. The highest BCUT2D eigenvalue weighted by Gasteiger charge is 2.19. The van der Waals surface area contributed by atoms with E-state index in [9.17, 15) is 0 Å². The van der Waals surface area contributed by atoms with Crippen molar-refractivity contribution in [3.05, 3.63) is 35.4 Å². The number of aliphatic hydroxyl groups is 1. The van der Waals surface area contributed by atoms with E-state index < -0.39 is 0 Å². The Balaban J connectivity index is 1.84. The van der Waals surface area contributed by atoms with Crippen LogP contribution < -0.4 is 4.90 Å².